The van der Waals surface area contributed by atoms with Gasteiger partial charge in [-0.15, -0.1) is 6.58 Å². The van der Waals surface area contributed by atoms with Crippen molar-refractivity contribution in [2.45, 2.75) is 6.10 Å². The third kappa shape index (κ3) is 2.45. The predicted octanol–water partition coefficient (Wildman–Crippen LogP) is 2.52. The van der Waals surface area contributed by atoms with Gasteiger partial charge in [0.05, 0.1) is 16.8 Å². The van der Waals surface area contributed by atoms with Gasteiger partial charge in [0, 0.05) is 0 Å². The van der Waals surface area contributed by atoms with Crippen LogP contribution in [0.4, 0.5) is 0 Å². The molecule has 0 radical (unpaired) electrons. The lowest BCUT2D eigenvalue weighted by Gasteiger charge is -2.08. The second-order valence-corrected chi connectivity index (χ2v) is 3.74. The SMILES string of the molecule is C=CC(O)c1ccc(OC)c(I)c1. The maximum Gasteiger partial charge on any atom is 0.132 e. The molecule has 0 heterocycles. The van der Waals surface area contributed by atoms with E-state index in [9.17, 15) is 5.11 Å². The van der Waals surface area contributed by atoms with Gasteiger partial charge in [0.15, 0.2) is 0 Å². The molecule has 1 aromatic carbocycles. The highest BCUT2D eigenvalue weighted by Gasteiger charge is 2.05. The molecule has 0 aliphatic heterocycles. The van der Waals surface area contributed by atoms with E-state index in [2.05, 4.69) is 29.2 Å². The van der Waals surface area contributed by atoms with Crippen molar-refractivity contribution in [1.82, 2.24) is 0 Å². The number of benzene rings is 1. The summed E-state index contributed by atoms with van der Waals surface area (Å²) >= 11 is 2.17. The highest BCUT2D eigenvalue weighted by Crippen LogP contribution is 2.24. The molecular weight excluding hydrogens is 279 g/mol. The molecule has 1 aromatic rings. The van der Waals surface area contributed by atoms with Crippen LogP contribution in [0.1, 0.15) is 11.7 Å². The van der Waals surface area contributed by atoms with Gasteiger partial charge < -0.3 is 9.84 Å². The molecule has 70 valence electrons. The van der Waals surface area contributed by atoms with Gasteiger partial charge in [-0.1, -0.05) is 12.1 Å². The number of methoxy groups -OCH3 is 1. The molecule has 0 saturated heterocycles. The fourth-order valence-corrected chi connectivity index (χ4v) is 1.76. The standard InChI is InChI=1S/C10H11IO2/c1-3-9(12)7-4-5-10(13-2)8(11)6-7/h3-6,9,12H,1H2,2H3. The van der Waals surface area contributed by atoms with Crippen molar-refractivity contribution < 1.29 is 9.84 Å². The maximum absolute atomic E-state index is 9.46. The zero-order valence-electron chi connectivity index (χ0n) is 7.33. The Morgan fingerprint density at radius 2 is 2.31 bits per heavy atom. The molecule has 2 nitrogen and oxygen atoms in total. The summed E-state index contributed by atoms with van der Waals surface area (Å²) < 4.78 is 6.08. The molecule has 1 N–H and O–H groups in total. The van der Waals surface area contributed by atoms with Gasteiger partial charge >= 0.3 is 0 Å². The Kier molecular flexibility index (Phi) is 3.74. The van der Waals surface area contributed by atoms with Gasteiger partial charge in [0.1, 0.15) is 5.75 Å². The van der Waals surface area contributed by atoms with Gasteiger partial charge in [0.25, 0.3) is 0 Å². The highest BCUT2D eigenvalue weighted by atomic mass is 127. The number of hydrogen-bond acceptors (Lipinski definition) is 2. The lowest BCUT2D eigenvalue weighted by atomic mass is 10.1. The summed E-state index contributed by atoms with van der Waals surface area (Å²) in [6.45, 7) is 3.53. The summed E-state index contributed by atoms with van der Waals surface area (Å²) in [6, 6.07) is 5.54. The van der Waals surface area contributed by atoms with Crippen molar-refractivity contribution in [3.8, 4) is 5.75 Å². The first kappa shape index (κ1) is 10.5. The molecule has 0 amide bonds. The van der Waals surface area contributed by atoms with E-state index in [0.29, 0.717) is 0 Å². The molecule has 0 spiro atoms. The summed E-state index contributed by atoms with van der Waals surface area (Å²) in [7, 11) is 1.63. The first-order chi connectivity index (χ1) is 6.19. The van der Waals surface area contributed by atoms with Crippen molar-refractivity contribution in [2.24, 2.45) is 0 Å². The Balaban J connectivity index is 3.02. The average Bonchev–Trinajstić information content (AvgIpc) is 2.16. The molecule has 13 heavy (non-hydrogen) atoms. The number of rotatable bonds is 3. The molecule has 1 rings (SSSR count). The average molecular weight is 290 g/mol. The summed E-state index contributed by atoms with van der Waals surface area (Å²) in [5.74, 6) is 0.820. The van der Waals surface area contributed by atoms with E-state index in [1.54, 1.807) is 7.11 Å². The first-order valence-electron chi connectivity index (χ1n) is 3.83. The Morgan fingerprint density at radius 3 is 2.77 bits per heavy atom. The number of aliphatic hydroxyl groups excluding tert-OH is 1. The third-order valence-electron chi connectivity index (χ3n) is 1.74. The summed E-state index contributed by atoms with van der Waals surface area (Å²) in [4.78, 5) is 0. The van der Waals surface area contributed by atoms with Crippen LogP contribution in [0.15, 0.2) is 30.9 Å². The molecule has 0 fully saturated rings. The number of hydrogen-bond donors (Lipinski definition) is 1. The summed E-state index contributed by atoms with van der Waals surface area (Å²) in [5.41, 5.74) is 0.834. The van der Waals surface area contributed by atoms with E-state index in [4.69, 9.17) is 4.74 Å². The minimum absolute atomic E-state index is 0.598. The van der Waals surface area contributed by atoms with Crippen molar-refractivity contribution in [1.29, 1.82) is 0 Å². The minimum atomic E-state index is -0.598. The molecule has 0 aliphatic carbocycles. The Hall–Kier alpha value is -0.550. The van der Waals surface area contributed by atoms with Gasteiger partial charge in [-0.2, -0.15) is 0 Å². The van der Waals surface area contributed by atoms with E-state index in [-0.39, 0.29) is 0 Å². The normalized spacial score (nSPS) is 12.2. The van der Waals surface area contributed by atoms with Crippen LogP contribution in [-0.4, -0.2) is 12.2 Å². The molecular formula is C10H11IO2. The van der Waals surface area contributed by atoms with Crippen LogP contribution in [0.2, 0.25) is 0 Å². The number of ether oxygens (including phenoxy) is 1. The van der Waals surface area contributed by atoms with E-state index in [1.165, 1.54) is 6.08 Å². The molecule has 0 saturated carbocycles. The number of aliphatic hydroxyl groups is 1. The largest absolute Gasteiger partial charge is 0.496 e. The summed E-state index contributed by atoms with van der Waals surface area (Å²) in [6.07, 6.45) is 0.900. The van der Waals surface area contributed by atoms with Crippen molar-refractivity contribution in [3.63, 3.8) is 0 Å². The third-order valence-corrected chi connectivity index (χ3v) is 2.58. The Morgan fingerprint density at radius 1 is 1.62 bits per heavy atom. The van der Waals surface area contributed by atoms with E-state index in [0.717, 1.165) is 14.9 Å². The van der Waals surface area contributed by atoms with Gasteiger partial charge in [-0.25, -0.2) is 0 Å². The van der Waals surface area contributed by atoms with Gasteiger partial charge in [0.2, 0.25) is 0 Å². The molecule has 1 unspecified atom stereocenters. The van der Waals surface area contributed by atoms with Crippen LogP contribution in [0.3, 0.4) is 0 Å². The van der Waals surface area contributed by atoms with Gasteiger partial charge in [-0.05, 0) is 40.3 Å². The van der Waals surface area contributed by atoms with Crippen molar-refractivity contribution in [2.75, 3.05) is 7.11 Å². The van der Waals surface area contributed by atoms with E-state index >= 15 is 0 Å². The first-order valence-corrected chi connectivity index (χ1v) is 4.91. The van der Waals surface area contributed by atoms with Crippen LogP contribution in [0.25, 0.3) is 0 Å². The monoisotopic (exact) mass is 290 g/mol. The lowest BCUT2D eigenvalue weighted by molar-refractivity contribution is 0.229. The molecule has 0 aliphatic rings. The predicted molar refractivity (Wildman–Crippen MR) is 60.9 cm³/mol. The van der Waals surface area contributed by atoms with Crippen LogP contribution in [0.5, 0.6) is 5.75 Å². The Labute approximate surface area is 91.4 Å². The second kappa shape index (κ2) is 4.62. The molecule has 0 aromatic heterocycles. The summed E-state index contributed by atoms with van der Waals surface area (Å²) in [5, 5.41) is 9.46. The zero-order valence-corrected chi connectivity index (χ0v) is 9.48. The fourth-order valence-electron chi connectivity index (χ4n) is 1.00. The minimum Gasteiger partial charge on any atom is -0.496 e. The van der Waals surface area contributed by atoms with E-state index < -0.39 is 6.10 Å². The van der Waals surface area contributed by atoms with Crippen LogP contribution >= 0.6 is 22.6 Å². The molecule has 3 heteroatoms. The van der Waals surface area contributed by atoms with Crippen molar-refractivity contribution in [3.05, 3.63) is 40.0 Å². The lowest BCUT2D eigenvalue weighted by Crippen LogP contribution is -1.94. The highest BCUT2D eigenvalue weighted by molar-refractivity contribution is 14.1. The topological polar surface area (TPSA) is 29.5 Å². The van der Waals surface area contributed by atoms with Crippen molar-refractivity contribution >= 4 is 22.6 Å². The zero-order chi connectivity index (χ0) is 9.84. The molecule has 1 atom stereocenters. The van der Waals surface area contributed by atoms with Crippen LogP contribution in [0, 0.1) is 3.57 Å². The Bertz CT molecular complexity index is 310. The van der Waals surface area contributed by atoms with Gasteiger partial charge in [-0.3, -0.25) is 0 Å². The van der Waals surface area contributed by atoms with Crippen LogP contribution < -0.4 is 4.74 Å². The quantitative estimate of drug-likeness (QED) is 0.684. The second-order valence-electron chi connectivity index (χ2n) is 2.57. The smallest absolute Gasteiger partial charge is 0.132 e. The fraction of sp³-hybridized carbons (Fsp3) is 0.200. The van der Waals surface area contributed by atoms with E-state index in [1.807, 2.05) is 18.2 Å². The number of halogens is 1. The molecule has 0 bridgehead atoms. The maximum atomic E-state index is 9.46. The van der Waals surface area contributed by atoms with Crippen LogP contribution in [-0.2, 0) is 0 Å².